The summed E-state index contributed by atoms with van der Waals surface area (Å²) in [6.07, 6.45) is 3.54. The lowest BCUT2D eigenvalue weighted by atomic mass is 10.0. The first kappa shape index (κ1) is 12.8. The molecule has 0 radical (unpaired) electrons. The highest BCUT2D eigenvalue weighted by atomic mass is 35.5. The number of benzene rings is 1. The summed E-state index contributed by atoms with van der Waals surface area (Å²) in [4.78, 5) is 0. The number of hydrogen-bond acceptors (Lipinski definition) is 1. The Balaban J connectivity index is 2.64. The minimum absolute atomic E-state index is 0.497. The highest BCUT2D eigenvalue weighted by Gasteiger charge is 2.11. The van der Waals surface area contributed by atoms with Gasteiger partial charge in [0.1, 0.15) is 0 Å². The van der Waals surface area contributed by atoms with E-state index >= 15 is 0 Å². The Morgan fingerprint density at radius 2 is 2.00 bits per heavy atom. The van der Waals surface area contributed by atoms with Gasteiger partial charge in [0.15, 0.2) is 0 Å². The summed E-state index contributed by atoms with van der Waals surface area (Å²) in [7, 11) is 0. The van der Waals surface area contributed by atoms with Crippen molar-refractivity contribution >= 4 is 23.2 Å². The maximum Gasteiger partial charge on any atom is 0.0805 e. The van der Waals surface area contributed by atoms with Crippen LogP contribution in [0.3, 0.4) is 0 Å². The van der Waals surface area contributed by atoms with Gasteiger partial charge < -0.3 is 5.11 Å². The molecule has 1 N–H and O–H groups in total. The van der Waals surface area contributed by atoms with Gasteiger partial charge in [-0.1, -0.05) is 49.4 Å². The molecule has 0 saturated carbocycles. The van der Waals surface area contributed by atoms with Gasteiger partial charge in [0.25, 0.3) is 0 Å². The van der Waals surface area contributed by atoms with Crippen LogP contribution >= 0.6 is 23.2 Å². The lowest BCUT2D eigenvalue weighted by Gasteiger charge is -2.12. The van der Waals surface area contributed by atoms with Gasteiger partial charge in [-0.05, 0) is 24.6 Å². The Morgan fingerprint density at radius 1 is 1.27 bits per heavy atom. The molecular weight excluding hydrogens is 231 g/mol. The molecule has 0 heterocycles. The normalized spacial score (nSPS) is 12.8. The number of rotatable bonds is 5. The maximum atomic E-state index is 9.91. The van der Waals surface area contributed by atoms with Gasteiger partial charge in [0.05, 0.1) is 6.10 Å². The highest BCUT2D eigenvalue weighted by molar-refractivity contribution is 6.33. The number of aliphatic hydroxyl groups excluding tert-OH is 1. The van der Waals surface area contributed by atoms with Crippen LogP contribution in [0, 0.1) is 0 Å². The lowest BCUT2D eigenvalue weighted by molar-refractivity contribution is 0.163. The third kappa shape index (κ3) is 4.02. The van der Waals surface area contributed by atoms with Crippen molar-refractivity contribution in [2.24, 2.45) is 0 Å². The quantitative estimate of drug-likeness (QED) is 0.753. The fourth-order valence-corrected chi connectivity index (χ4v) is 1.94. The van der Waals surface area contributed by atoms with Gasteiger partial charge in [-0.15, -0.1) is 0 Å². The second kappa shape index (κ2) is 6.37. The Bertz CT molecular complexity index is 312. The molecule has 0 aliphatic carbocycles. The van der Waals surface area contributed by atoms with Crippen molar-refractivity contribution in [3.63, 3.8) is 0 Å². The summed E-state index contributed by atoms with van der Waals surface area (Å²) in [5, 5.41) is 11.1. The molecular formula is C12H16Cl2O. The first-order valence-corrected chi connectivity index (χ1v) is 6.03. The van der Waals surface area contributed by atoms with E-state index in [4.69, 9.17) is 23.2 Å². The summed E-state index contributed by atoms with van der Waals surface area (Å²) in [6, 6.07) is 5.19. The lowest BCUT2D eigenvalue weighted by Crippen LogP contribution is -1.98. The zero-order valence-electron chi connectivity index (χ0n) is 8.84. The molecule has 0 fully saturated rings. The topological polar surface area (TPSA) is 20.2 Å². The van der Waals surface area contributed by atoms with Gasteiger partial charge in [-0.2, -0.15) is 0 Å². The first-order chi connectivity index (χ1) is 7.15. The minimum Gasteiger partial charge on any atom is -0.388 e. The molecule has 1 aromatic carbocycles. The van der Waals surface area contributed by atoms with E-state index in [9.17, 15) is 5.11 Å². The maximum absolute atomic E-state index is 9.91. The van der Waals surface area contributed by atoms with Crippen LogP contribution in [0.2, 0.25) is 10.0 Å². The van der Waals surface area contributed by atoms with E-state index in [0.29, 0.717) is 10.0 Å². The van der Waals surface area contributed by atoms with Crippen LogP contribution in [0.25, 0.3) is 0 Å². The van der Waals surface area contributed by atoms with Gasteiger partial charge in [0, 0.05) is 15.6 Å². The third-order valence-electron chi connectivity index (χ3n) is 2.40. The SMILES string of the molecule is CCCCCC(O)c1cc(Cl)ccc1Cl. The van der Waals surface area contributed by atoms with E-state index in [1.165, 1.54) is 0 Å². The molecule has 1 rings (SSSR count). The standard InChI is InChI=1S/C12H16Cl2O/c1-2-3-4-5-12(15)10-8-9(13)6-7-11(10)14/h6-8,12,15H,2-5H2,1H3. The van der Waals surface area contributed by atoms with Crippen LogP contribution in [-0.4, -0.2) is 5.11 Å². The van der Waals surface area contributed by atoms with Crippen molar-refractivity contribution in [1.29, 1.82) is 0 Å². The Hall–Kier alpha value is -0.240. The van der Waals surface area contributed by atoms with E-state index in [0.717, 1.165) is 31.2 Å². The smallest absolute Gasteiger partial charge is 0.0805 e. The van der Waals surface area contributed by atoms with Crippen LogP contribution in [-0.2, 0) is 0 Å². The molecule has 3 heteroatoms. The second-order valence-electron chi connectivity index (χ2n) is 3.68. The minimum atomic E-state index is -0.497. The fourth-order valence-electron chi connectivity index (χ4n) is 1.51. The Kier molecular flexibility index (Phi) is 5.44. The Labute approximate surface area is 101 Å². The number of unbranched alkanes of at least 4 members (excludes halogenated alkanes) is 2. The van der Waals surface area contributed by atoms with Crippen LogP contribution in [0.5, 0.6) is 0 Å². The molecule has 0 spiro atoms. The van der Waals surface area contributed by atoms with Gasteiger partial charge in [0.2, 0.25) is 0 Å². The fraction of sp³-hybridized carbons (Fsp3) is 0.500. The second-order valence-corrected chi connectivity index (χ2v) is 4.52. The molecule has 1 nitrogen and oxygen atoms in total. The molecule has 15 heavy (non-hydrogen) atoms. The van der Waals surface area contributed by atoms with E-state index < -0.39 is 6.10 Å². The van der Waals surface area contributed by atoms with E-state index in [1.807, 2.05) is 0 Å². The molecule has 0 amide bonds. The predicted octanol–water partition coefficient (Wildman–Crippen LogP) is 4.61. The highest BCUT2D eigenvalue weighted by Crippen LogP contribution is 2.29. The van der Waals surface area contributed by atoms with Crippen LogP contribution in [0.4, 0.5) is 0 Å². The summed E-state index contributed by atoms with van der Waals surface area (Å²) >= 11 is 11.8. The Morgan fingerprint density at radius 3 is 2.67 bits per heavy atom. The van der Waals surface area contributed by atoms with Crippen molar-refractivity contribution in [2.75, 3.05) is 0 Å². The third-order valence-corrected chi connectivity index (χ3v) is 2.98. The van der Waals surface area contributed by atoms with E-state index in [1.54, 1.807) is 18.2 Å². The van der Waals surface area contributed by atoms with Crippen molar-refractivity contribution in [3.8, 4) is 0 Å². The first-order valence-electron chi connectivity index (χ1n) is 5.28. The molecule has 0 aliphatic rings. The van der Waals surface area contributed by atoms with Crippen molar-refractivity contribution in [1.82, 2.24) is 0 Å². The van der Waals surface area contributed by atoms with Crippen molar-refractivity contribution in [3.05, 3.63) is 33.8 Å². The van der Waals surface area contributed by atoms with Crippen molar-refractivity contribution < 1.29 is 5.11 Å². The zero-order valence-corrected chi connectivity index (χ0v) is 10.4. The average molecular weight is 247 g/mol. The van der Waals surface area contributed by atoms with Gasteiger partial charge >= 0.3 is 0 Å². The molecule has 0 aliphatic heterocycles. The van der Waals surface area contributed by atoms with Crippen LogP contribution in [0.1, 0.15) is 44.3 Å². The van der Waals surface area contributed by atoms with Gasteiger partial charge in [-0.25, -0.2) is 0 Å². The van der Waals surface area contributed by atoms with E-state index in [-0.39, 0.29) is 0 Å². The average Bonchev–Trinajstić information content (AvgIpc) is 2.22. The van der Waals surface area contributed by atoms with Crippen LogP contribution in [0.15, 0.2) is 18.2 Å². The number of halogens is 2. The molecule has 0 bridgehead atoms. The van der Waals surface area contributed by atoms with Gasteiger partial charge in [-0.3, -0.25) is 0 Å². The van der Waals surface area contributed by atoms with Crippen LogP contribution < -0.4 is 0 Å². The molecule has 0 aromatic heterocycles. The summed E-state index contributed by atoms with van der Waals surface area (Å²) in [6.45, 7) is 2.14. The number of hydrogen-bond donors (Lipinski definition) is 1. The number of aliphatic hydroxyl groups is 1. The monoisotopic (exact) mass is 246 g/mol. The molecule has 1 atom stereocenters. The summed E-state index contributed by atoms with van der Waals surface area (Å²) in [5.74, 6) is 0. The summed E-state index contributed by atoms with van der Waals surface area (Å²) < 4.78 is 0. The molecule has 1 aromatic rings. The summed E-state index contributed by atoms with van der Waals surface area (Å²) in [5.41, 5.74) is 0.736. The predicted molar refractivity (Wildman–Crippen MR) is 65.6 cm³/mol. The molecule has 0 saturated heterocycles. The molecule has 84 valence electrons. The largest absolute Gasteiger partial charge is 0.388 e. The van der Waals surface area contributed by atoms with E-state index in [2.05, 4.69) is 6.92 Å². The zero-order chi connectivity index (χ0) is 11.3. The molecule has 1 unspecified atom stereocenters. The van der Waals surface area contributed by atoms with Crippen molar-refractivity contribution in [2.45, 2.75) is 38.7 Å².